The SMILES string of the molecule is CCCCCCCOc1ccc2cc(C(=O)Oc3ccc4c(c3)CCC(C(=O)Oc3ccc(C(=O)O)cc3)C4)ccc2c1. The van der Waals surface area contributed by atoms with Gasteiger partial charge in [-0.05, 0) is 108 Å². The topological polar surface area (TPSA) is 99.1 Å². The Morgan fingerprint density at radius 1 is 0.721 bits per heavy atom. The lowest BCUT2D eigenvalue weighted by atomic mass is 9.84. The molecule has 1 atom stereocenters. The van der Waals surface area contributed by atoms with Crippen LogP contribution in [0.4, 0.5) is 0 Å². The molecule has 43 heavy (non-hydrogen) atoms. The van der Waals surface area contributed by atoms with Crippen molar-refractivity contribution >= 4 is 28.7 Å². The first-order valence-electron chi connectivity index (χ1n) is 15.0. The molecular formula is C36H36O7. The number of hydrogen-bond acceptors (Lipinski definition) is 6. The summed E-state index contributed by atoms with van der Waals surface area (Å²) < 4.78 is 17.1. The van der Waals surface area contributed by atoms with Gasteiger partial charge in [-0.1, -0.05) is 50.8 Å². The molecule has 0 aliphatic heterocycles. The number of hydrogen-bond donors (Lipinski definition) is 1. The highest BCUT2D eigenvalue weighted by Crippen LogP contribution is 2.31. The Morgan fingerprint density at radius 3 is 2.21 bits per heavy atom. The summed E-state index contributed by atoms with van der Waals surface area (Å²) in [6, 6.07) is 22.7. The van der Waals surface area contributed by atoms with E-state index in [2.05, 4.69) is 6.92 Å². The van der Waals surface area contributed by atoms with Gasteiger partial charge in [0.1, 0.15) is 17.2 Å². The molecular weight excluding hydrogens is 544 g/mol. The molecule has 0 fully saturated rings. The van der Waals surface area contributed by atoms with Crippen molar-refractivity contribution in [1.29, 1.82) is 0 Å². The van der Waals surface area contributed by atoms with E-state index in [1.54, 1.807) is 12.1 Å². The van der Waals surface area contributed by atoms with Crippen molar-refractivity contribution in [1.82, 2.24) is 0 Å². The fourth-order valence-electron chi connectivity index (χ4n) is 5.36. The number of aromatic carboxylic acids is 1. The molecule has 0 amide bonds. The minimum absolute atomic E-state index is 0.131. The molecule has 0 saturated heterocycles. The van der Waals surface area contributed by atoms with E-state index < -0.39 is 11.9 Å². The molecule has 1 N–H and O–H groups in total. The van der Waals surface area contributed by atoms with Gasteiger partial charge < -0.3 is 19.3 Å². The molecule has 0 heterocycles. The maximum absolute atomic E-state index is 13.0. The van der Waals surface area contributed by atoms with E-state index in [0.29, 0.717) is 42.9 Å². The van der Waals surface area contributed by atoms with Gasteiger partial charge in [0.2, 0.25) is 0 Å². The van der Waals surface area contributed by atoms with Crippen molar-refractivity contribution in [2.45, 2.75) is 58.3 Å². The van der Waals surface area contributed by atoms with Crippen molar-refractivity contribution < 1.29 is 33.7 Å². The number of carboxylic acids is 1. The van der Waals surface area contributed by atoms with Crippen LogP contribution in [0.1, 0.15) is 77.3 Å². The van der Waals surface area contributed by atoms with Crippen molar-refractivity contribution in [3.05, 3.63) is 101 Å². The fourth-order valence-corrected chi connectivity index (χ4v) is 5.36. The standard InChI is InChI=1S/C36H36O7/c1-2-3-4-5-6-19-41-32-17-13-25-20-30(9-7-27(25)22-32)36(40)43-33-18-14-26-21-29(10-8-28(26)23-33)35(39)42-31-15-11-24(12-16-31)34(37)38/h7,9,11-18,20,22-23,29H,2-6,8,10,19,21H2,1H3,(H,37,38). The van der Waals surface area contributed by atoms with E-state index in [1.165, 1.54) is 49.9 Å². The lowest BCUT2D eigenvalue weighted by Gasteiger charge is -2.23. The second-order valence-electron chi connectivity index (χ2n) is 11.0. The van der Waals surface area contributed by atoms with E-state index in [1.807, 2.05) is 42.5 Å². The van der Waals surface area contributed by atoms with E-state index in [-0.39, 0.29) is 17.5 Å². The number of benzene rings is 4. The zero-order valence-electron chi connectivity index (χ0n) is 24.3. The number of aryl methyl sites for hydroxylation is 1. The van der Waals surface area contributed by atoms with Crippen LogP contribution in [-0.4, -0.2) is 29.6 Å². The van der Waals surface area contributed by atoms with Crippen LogP contribution in [0.25, 0.3) is 10.8 Å². The summed E-state index contributed by atoms with van der Waals surface area (Å²) in [6.07, 6.45) is 7.74. The minimum atomic E-state index is -1.04. The van der Waals surface area contributed by atoms with E-state index >= 15 is 0 Å². The summed E-state index contributed by atoms with van der Waals surface area (Å²) in [5.74, 6) is -0.509. The largest absolute Gasteiger partial charge is 0.494 e. The van der Waals surface area contributed by atoms with Gasteiger partial charge in [0.25, 0.3) is 0 Å². The molecule has 0 aromatic heterocycles. The van der Waals surface area contributed by atoms with Crippen LogP contribution in [0, 0.1) is 5.92 Å². The molecule has 1 aliphatic carbocycles. The maximum Gasteiger partial charge on any atom is 0.343 e. The number of carbonyl (C=O) groups excluding carboxylic acids is 2. The van der Waals surface area contributed by atoms with Crippen molar-refractivity contribution in [3.8, 4) is 17.2 Å². The average molecular weight is 581 g/mol. The zero-order valence-corrected chi connectivity index (χ0v) is 24.3. The van der Waals surface area contributed by atoms with Gasteiger partial charge in [-0.2, -0.15) is 0 Å². The summed E-state index contributed by atoms with van der Waals surface area (Å²) in [4.78, 5) is 36.8. The first-order chi connectivity index (χ1) is 20.9. The number of unbranched alkanes of at least 4 members (excludes halogenated alkanes) is 4. The monoisotopic (exact) mass is 580 g/mol. The predicted molar refractivity (Wildman–Crippen MR) is 164 cm³/mol. The molecule has 0 bridgehead atoms. The highest BCUT2D eigenvalue weighted by atomic mass is 16.5. The van der Waals surface area contributed by atoms with E-state index in [4.69, 9.17) is 19.3 Å². The third-order valence-electron chi connectivity index (χ3n) is 7.83. The van der Waals surface area contributed by atoms with Crippen LogP contribution in [-0.2, 0) is 17.6 Å². The molecule has 4 aromatic rings. The Hall–Kier alpha value is -4.65. The number of carbonyl (C=O) groups is 3. The van der Waals surface area contributed by atoms with Crippen LogP contribution >= 0.6 is 0 Å². The Morgan fingerprint density at radius 2 is 1.42 bits per heavy atom. The van der Waals surface area contributed by atoms with Gasteiger partial charge in [0, 0.05) is 0 Å². The molecule has 0 saturated carbocycles. The molecule has 0 radical (unpaired) electrons. The summed E-state index contributed by atoms with van der Waals surface area (Å²) >= 11 is 0. The second kappa shape index (κ2) is 14.0. The Balaban J connectivity index is 1.15. The average Bonchev–Trinajstić information content (AvgIpc) is 3.02. The van der Waals surface area contributed by atoms with Crippen LogP contribution in [0.15, 0.2) is 78.9 Å². The number of fused-ring (bicyclic) bond motifs is 2. The molecule has 4 aromatic carbocycles. The first-order valence-corrected chi connectivity index (χ1v) is 15.0. The summed E-state index contributed by atoms with van der Waals surface area (Å²) in [6.45, 7) is 2.91. The van der Waals surface area contributed by atoms with Gasteiger partial charge in [0.05, 0.1) is 23.7 Å². The van der Waals surface area contributed by atoms with Crippen LogP contribution < -0.4 is 14.2 Å². The fraction of sp³-hybridized carbons (Fsp3) is 0.306. The second-order valence-corrected chi connectivity index (χ2v) is 11.0. The summed E-state index contributed by atoms with van der Waals surface area (Å²) in [7, 11) is 0. The number of ether oxygens (including phenoxy) is 3. The Labute approximate surface area is 251 Å². The van der Waals surface area contributed by atoms with Crippen molar-refractivity contribution in [2.75, 3.05) is 6.61 Å². The number of carboxylic acid groups (broad SMARTS) is 1. The van der Waals surface area contributed by atoms with Crippen LogP contribution in [0.3, 0.4) is 0 Å². The normalized spacial score (nSPS) is 14.1. The third kappa shape index (κ3) is 7.80. The van der Waals surface area contributed by atoms with Gasteiger partial charge in [0.15, 0.2) is 0 Å². The van der Waals surface area contributed by atoms with Crippen LogP contribution in [0.5, 0.6) is 17.2 Å². The smallest absolute Gasteiger partial charge is 0.343 e. The summed E-state index contributed by atoms with van der Waals surface area (Å²) in [5.41, 5.74) is 2.65. The van der Waals surface area contributed by atoms with Gasteiger partial charge >= 0.3 is 17.9 Å². The zero-order chi connectivity index (χ0) is 30.2. The molecule has 1 unspecified atom stereocenters. The van der Waals surface area contributed by atoms with Gasteiger partial charge in [-0.25, -0.2) is 9.59 Å². The van der Waals surface area contributed by atoms with E-state index in [9.17, 15) is 14.4 Å². The molecule has 5 rings (SSSR count). The molecule has 1 aliphatic rings. The van der Waals surface area contributed by atoms with Gasteiger partial charge in [-0.3, -0.25) is 4.79 Å². The third-order valence-corrected chi connectivity index (χ3v) is 7.83. The molecule has 222 valence electrons. The van der Waals surface area contributed by atoms with Crippen molar-refractivity contribution in [2.24, 2.45) is 5.92 Å². The predicted octanol–water partition coefficient (Wildman–Crippen LogP) is 7.82. The quantitative estimate of drug-likeness (QED) is 0.104. The van der Waals surface area contributed by atoms with Crippen LogP contribution in [0.2, 0.25) is 0 Å². The van der Waals surface area contributed by atoms with Gasteiger partial charge in [-0.15, -0.1) is 0 Å². The minimum Gasteiger partial charge on any atom is -0.494 e. The molecule has 7 nitrogen and oxygen atoms in total. The summed E-state index contributed by atoms with van der Waals surface area (Å²) in [5, 5.41) is 11.0. The lowest BCUT2D eigenvalue weighted by Crippen LogP contribution is -2.26. The number of esters is 2. The Bertz CT molecular complexity index is 1610. The highest BCUT2D eigenvalue weighted by molar-refractivity contribution is 5.96. The molecule has 0 spiro atoms. The maximum atomic E-state index is 13.0. The van der Waals surface area contributed by atoms with Crippen molar-refractivity contribution in [3.63, 3.8) is 0 Å². The number of rotatable bonds is 12. The highest BCUT2D eigenvalue weighted by Gasteiger charge is 2.27. The van der Waals surface area contributed by atoms with E-state index in [0.717, 1.165) is 34.1 Å². The molecule has 7 heteroatoms. The lowest BCUT2D eigenvalue weighted by molar-refractivity contribution is -0.139. The first kappa shape index (κ1) is 29.8. The Kier molecular flexibility index (Phi) is 9.72.